The molecule has 0 aliphatic rings. The molecule has 1 heterocycles. The molecule has 1 aromatic heterocycles. The quantitative estimate of drug-likeness (QED) is 0.529. The Bertz CT molecular complexity index is 872. The van der Waals surface area contributed by atoms with Gasteiger partial charge in [-0.3, -0.25) is 5.43 Å². The van der Waals surface area contributed by atoms with Crippen LogP contribution >= 0.6 is 11.3 Å². The van der Waals surface area contributed by atoms with Crippen molar-refractivity contribution in [2.75, 3.05) is 12.0 Å². The van der Waals surface area contributed by atoms with E-state index in [9.17, 15) is 4.79 Å². The summed E-state index contributed by atoms with van der Waals surface area (Å²) in [6, 6.07) is 15.0. The van der Waals surface area contributed by atoms with Gasteiger partial charge in [-0.2, -0.15) is 5.10 Å². The predicted molar refractivity (Wildman–Crippen MR) is 95.0 cm³/mol. The van der Waals surface area contributed by atoms with E-state index < -0.39 is 5.97 Å². The predicted octanol–water partition coefficient (Wildman–Crippen LogP) is 3.60. The van der Waals surface area contributed by atoms with Gasteiger partial charge < -0.3 is 9.84 Å². The molecule has 3 rings (SSSR count). The van der Waals surface area contributed by atoms with Gasteiger partial charge >= 0.3 is 5.97 Å². The van der Waals surface area contributed by atoms with Crippen LogP contribution in [0, 0.1) is 0 Å². The number of aromatic nitrogens is 1. The molecule has 6 nitrogen and oxygen atoms in total. The van der Waals surface area contributed by atoms with Crippen molar-refractivity contribution in [3.63, 3.8) is 0 Å². The van der Waals surface area contributed by atoms with Crippen molar-refractivity contribution in [1.29, 1.82) is 0 Å². The highest BCUT2D eigenvalue weighted by molar-refractivity contribution is 7.22. The summed E-state index contributed by atoms with van der Waals surface area (Å²) in [6.45, 7) is 1.49. The Labute approximate surface area is 142 Å². The lowest BCUT2D eigenvalue weighted by Crippen LogP contribution is -2.09. The van der Waals surface area contributed by atoms with E-state index in [0.29, 0.717) is 10.9 Å². The third kappa shape index (κ3) is 3.88. The highest BCUT2D eigenvalue weighted by Crippen LogP contribution is 2.25. The zero-order chi connectivity index (χ0) is 16.9. The van der Waals surface area contributed by atoms with Crippen molar-refractivity contribution in [2.45, 2.75) is 6.92 Å². The van der Waals surface area contributed by atoms with Crippen LogP contribution in [0.15, 0.2) is 53.6 Å². The van der Waals surface area contributed by atoms with Crippen LogP contribution in [0.4, 0.5) is 5.13 Å². The molecular weight excluding hydrogens is 326 g/mol. The van der Waals surface area contributed by atoms with Crippen LogP contribution < -0.4 is 10.2 Å². The fraction of sp³-hybridized carbons (Fsp3) is 0.118. The highest BCUT2D eigenvalue weighted by atomic mass is 32.1. The first kappa shape index (κ1) is 15.9. The van der Waals surface area contributed by atoms with Gasteiger partial charge in [0.05, 0.1) is 15.9 Å². The number of fused-ring (bicyclic) bond motifs is 1. The van der Waals surface area contributed by atoms with E-state index in [0.717, 1.165) is 21.5 Å². The molecular formula is C17H15N3O3S. The van der Waals surface area contributed by atoms with Gasteiger partial charge in [-0.1, -0.05) is 35.6 Å². The summed E-state index contributed by atoms with van der Waals surface area (Å²) in [5, 5.41) is 13.7. The lowest BCUT2D eigenvalue weighted by atomic mass is 10.1. The molecule has 2 aromatic carbocycles. The van der Waals surface area contributed by atoms with E-state index in [2.05, 4.69) is 15.5 Å². The molecule has 0 fully saturated rings. The van der Waals surface area contributed by atoms with Crippen molar-refractivity contribution < 1.29 is 14.6 Å². The number of carboxylic acids is 1. The second kappa shape index (κ2) is 7.10. The van der Waals surface area contributed by atoms with Crippen molar-refractivity contribution >= 4 is 38.4 Å². The first-order valence-corrected chi connectivity index (χ1v) is 8.04. The number of nitrogens with one attached hydrogen (secondary N) is 1. The molecule has 3 aromatic rings. The summed E-state index contributed by atoms with van der Waals surface area (Å²) < 4.78 is 6.27. The van der Waals surface area contributed by atoms with Gasteiger partial charge in [0.1, 0.15) is 5.75 Å². The smallest absolute Gasteiger partial charge is 0.341 e. The van der Waals surface area contributed by atoms with E-state index >= 15 is 0 Å². The first-order chi connectivity index (χ1) is 11.6. The molecule has 0 amide bonds. The summed E-state index contributed by atoms with van der Waals surface area (Å²) in [7, 11) is 0. The molecule has 24 heavy (non-hydrogen) atoms. The Morgan fingerprint density at radius 2 is 2.12 bits per heavy atom. The van der Waals surface area contributed by atoms with Gasteiger partial charge in [0.25, 0.3) is 0 Å². The summed E-state index contributed by atoms with van der Waals surface area (Å²) >= 11 is 1.53. The second-order valence-corrected chi connectivity index (χ2v) is 6.04. The first-order valence-electron chi connectivity index (χ1n) is 7.23. The van der Waals surface area contributed by atoms with E-state index in [4.69, 9.17) is 9.84 Å². The third-order valence-electron chi connectivity index (χ3n) is 3.23. The van der Waals surface area contributed by atoms with Crippen LogP contribution in [0.25, 0.3) is 10.2 Å². The maximum absolute atomic E-state index is 10.6. The molecule has 0 radical (unpaired) electrons. The monoisotopic (exact) mass is 341 g/mol. The Balaban J connectivity index is 1.73. The standard InChI is InChI=1S/C17H15N3O3S/c1-11(12-5-4-6-13(9-12)23-10-16(21)22)19-20-17-18-14-7-2-3-8-15(14)24-17/h2-9H,10H2,1H3,(H,18,20)(H,21,22)/b19-11-. The van der Waals surface area contributed by atoms with Gasteiger partial charge in [-0.05, 0) is 31.2 Å². The van der Waals surface area contributed by atoms with Gasteiger partial charge in [0.15, 0.2) is 6.61 Å². The maximum atomic E-state index is 10.6. The number of aliphatic carboxylic acids is 1. The number of hydrogen-bond acceptors (Lipinski definition) is 6. The molecule has 0 saturated carbocycles. The minimum atomic E-state index is -1.01. The van der Waals surface area contributed by atoms with Gasteiger partial charge in [0.2, 0.25) is 5.13 Å². The van der Waals surface area contributed by atoms with Gasteiger partial charge in [-0.25, -0.2) is 9.78 Å². The molecule has 0 unspecified atom stereocenters. The molecule has 0 atom stereocenters. The Kier molecular flexibility index (Phi) is 4.72. The van der Waals surface area contributed by atoms with Crippen molar-refractivity contribution in [1.82, 2.24) is 4.98 Å². The summed E-state index contributed by atoms with van der Waals surface area (Å²) in [6.07, 6.45) is 0. The fourth-order valence-corrected chi connectivity index (χ4v) is 2.88. The summed E-state index contributed by atoms with van der Waals surface area (Å²) in [5.41, 5.74) is 5.48. The molecule has 0 bridgehead atoms. The largest absolute Gasteiger partial charge is 0.482 e. The summed E-state index contributed by atoms with van der Waals surface area (Å²) in [4.78, 5) is 15.0. The van der Waals surface area contributed by atoms with E-state index in [1.807, 2.05) is 37.3 Å². The van der Waals surface area contributed by atoms with Crippen molar-refractivity contribution in [3.8, 4) is 5.75 Å². The van der Waals surface area contributed by atoms with E-state index in [1.54, 1.807) is 18.2 Å². The van der Waals surface area contributed by atoms with Crippen molar-refractivity contribution in [3.05, 3.63) is 54.1 Å². The average molecular weight is 341 g/mol. The number of hydrazone groups is 1. The number of nitrogens with zero attached hydrogens (tertiary/aromatic N) is 2. The molecule has 0 spiro atoms. The third-order valence-corrected chi connectivity index (χ3v) is 4.17. The van der Waals surface area contributed by atoms with Crippen LogP contribution in [-0.4, -0.2) is 28.4 Å². The van der Waals surface area contributed by atoms with Crippen LogP contribution in [0.3, 0.4) is 0 Å². The van der Waals surface area contributed by atoms with Crippen LogP contribution in [0.2, 0.25) is 0 Å². The summed E-state index contributed by atoms with van der Waals surface area (Å²) in [5.74, 6) is -0.521. The number of thiazole rings is 1. The molecule has 0 saturated heterocycles. The van der Waals surface area contributed by atoms with Gasteiger partial charge in [-0.15, -0.1) is 0 Å². The topological polar surface area (TPSA) is 83.8 Å². The van der Waals surface area contributed by atoms with Crippen molar-refractivity contribution in [2.24, 2.45) is 5.10 Å². The Morgan fingerprint density at radius 3 is 2.92 bits per heavy atom. The lowest BCUT2D eigenvalue weighted by molar-refractivity contribution is -0.139. The molecule has 0 aliphatic carbocycles. The average Bonchev–Trinajstić information content (AvgIpc) is 3.01. The number of carbonyl (C=O) groups is 1. The van der Waals surface area contributed by atoms with Crippen LogP contribution in [0.1, 0.15) is 12.5 Å². The number of para-hydroxylation sites is 1. The lowest BCUT2D eigenvalue weighted by Gasteiger charge is -2.06. The Morgan fingerprint density at radius 1 is 1.29 bits per heavy atom. The number of rotatable bonds is 6. The molecule has 2 N–H and O–H groups in total. The van der Waals surface area contributed by atoms with Crippen LogP contribution in [0.5, 0.6) is 5.75 Å². The fourth-order valence-electron chi connectivity index (χ4n) is 2.07. The Hall–Kier alpha value is -2.93. The van der Waals surface area contributed by atoms with E-state index in [1.165, 1.54) is 11.3 Å². The number of benzene rings is 2. The molecule has 122 valence electrons. The van der Waals surface area contributed by atoms with Gasteiger partial charge in [0, 0.05) is 5.56 Å². The minimum Gasteiger partial charge on any atom is -0.482 e. The maximum Gasteiger partial charge on any atom is 0.341 e. The minimum absolute atomic E-state index is 0.371. The second-order valence-electron chi connectivity index (χ2n) is 5.01. The number of ether oxygens (including phenoxy) is 1. The SMILES string of the molecule is C/C(=N/Nc1nc2ccccc2s1)c1cccc(OCC(=O)O)c1. The normalized spacial score (nSPS) is 11.5. The molecule has 0 aliphatic heterocycles. The number of anilines is 1. The van der Waals surface area contributed by atoms with E-state index in [-0.39, 0.29) is 6.61 Å². The molecule has 7 heteroatoms. The number of hydrogen-bond donors (Lipinski definition) is 2. The zero-order valence-electron chi connectivity index (χ0n) is 12.9. The highest BCUT2D eigenvalue weighted by Gasteiger charge is 2.04. The van der Waals surface area contributed by atoms with Crippen LogP contribution in [-0.2, 0) is 4.79 Å². The number of carboxylic acid groups (broad SMARTS) is 1. The zero-order valence-corrected chi connectivity index (χ0v) is 13.7.